The van der Waals surface area contributed by atoms with Crippen LogP contribution in [0.15, 0.2) is 0 Å². The monoisotopic (exact) mass is 225 g/mol. The summed E-state index contributed by atoms with van der Waals surface area (Å²) in [7, 11) is -2.98. The van der Waals surface area contributed by atoms with Gasteiger partial charge in [-0.3, -0.25) is 0 Å². The number of unbranched alkanes of at least 4 members (excludes halogenated alkanes) is 1. The molecule has 0 heterocycles. The highest BCUT2D eigenvalue weighted by Gasteiger charge is 2.06. The molecule has 0 aliphatic rings. The highest BCUT2D eigenvalue weighted by atomic mass is 32.2. The second-order valence-corrected chi connectivity index (χ2v) is 5.83. The number of nitrogens with one attached hydrogen (secondary N) is 1. The topological polar surface area (TPSA) is 46.2 Å². The van der Waals surface area contributed by atoms with Gasteiger partial charge in [-0.25, -0.2) is 13.1 Å². The molecule has 0 atom stereocenters. The minimum atomic E-state index is -2.98. The molecule has 0 amide bonds. The molecule has 0 aliphatic carbocycles. The van der Waals surface area contributed by atoms with Gasteiger partial charge in [0.1, 0.15) is 0 Å². The predicted octanol–water partition coefficient (Wildman–Crippen LogP) is 1.46. The average molecular weight is 225 g/mol. The fourth-order valence-corrected chi connectivity index (χ4v) is 2.57. The van der Waals surface area contributed by atoms with Crippen molar-refractivity contribution in [2.45, 2.75) is 26.2 Å². The molecule has 0 aromatic carbocycles. The van der Waals surface area contributed by atoms with Gasteiger partial charge in [-0.05, 0) is 31.3 Å². The maximum Gasteiger partial charge on any atom is 0.211 e. The van der Waals surface area contributed by atoms with Crippen molar-refractivity contribution in [1.29, 1.82) is 0 Å². The Hall–Kier alpha value is 0.260. The van der Waals surface area contributed by atoms with Crippen LogP contribution in [-0.2, 0) is 10.0 Å². The van der Waals surface area contributed by atoms with Gasteiger partial charge in [0.2, 0.25) is 10.0 Å². The lowest BCUT2D eigenvalue weighted by Crippen LogP contribution is -2.27. The van der Waals surface area contributed by atoms with E-state index in [0.717, 1.165) is 18.6 Å². The largest absolute Gasteiger partial charge is 0.215 e. The van der Waals surface area contributed by atoms with E-state index in [-0.39, 0.29) is 5.75 Å². The zero-order valence-corrected chi connectivity index (χ0v) is 10.0. The molecule has 0 unspecified atom stereocenters. The van der Waals surface area contributed by atoms with Crippen molar-refractivity contribution >= 4 is 21.8 Å². The molecule has 0 aromatic heterocycles. The van der Waals surface area contributed by atoms with Gasteiger partial charge in [0, 0.05) is 6.54 Å². The summed E-state index contributed by atoms with van der Waals surface area (Å²) >= 11 is 1.79. The Morgan fingerprint density at radius 3 is 2.54 bits per heavy atom. The summed E-state index contributed by atoms with van der Waals surface area (Å²) < 4.78 is 24.9. The van der Waals surface area contributed by atoms with E-state index in [1.807, 2.05) is 6.92 Å². The number of sulfonamides is 1. The number of thioether (sulfide) groups is 1. The van der Waals surface area contributed by atoms with E-state index in [1.165, 1.54) is 0 Å². The molecule has 0 fully saturated rings. The Balaban J connectivity index is 3.41. The SMILES string of the molecule is CCCS(=O)(=O)NCCCCSC. The summed E-state index contributed by atoms with van der Waals surface area (Å²) in [4.78, 5) is 0. The van der Waals surface area contributed by atoms with Crippen molar-refractivity contribution in [3.8, 4) is 0 Å². The Bertz CT molecular complexity index is 202. The molecular weight excluding hydrogens is 206 g/mol. The fraction of sp³-hybridized carbons (Fsp3) is 1.00. The van der Waals surface area contributed by atoms with Crippen molar-refractivity contribution in [1.82, 2.24) is 4.72 Å². The zero-order valence-electron chi connectivity index (χ0n) is 8.38. The minimum Gasteiger partial charge on any atom is -0.215 e. The van der Waals surface area contributed by atoms with Crippen LogP contribution in [0.5, 0.6) is 0 Å². The van der Waals surface area contributed by atoms with E-state index < -0.39 is 10.0 Å². The van der Waals surface area contributed by atoms with Crippen molar-refractivity contribution in [3.05, 3.63) is 0 Å². The summed E-state index contributed by atoms with van der Waals surface area (Å²) in [6, 6.07) is 0. The summed E-state index contributed by atoms with van der Waals surface area (Å²) in [5.74, 6) is 1.35. The molecular formula is C8H19NO2S2. The number of rotatable bonds is 8. The quantitative estimate of drug-likeness (QED) is 0.636. The first-order valence-corrected chi connectivity index (χ1v) is 7.63. The molecule has 0 radical (unpaired) electrons. The van der Waals surface area contributed by atoms with Crippen molar-refractivity contribution in [2.75, 3.05) is 24.3 Å². The average Bonchev–Trinajstić information content (AvgIpc) is 2.04. The summed E-state index contributed by atoms with van der Waals surface area (Å²) in [6.07, 6.45) is 4.75. The molecule has 0 saturated heterocycles. The van der Waals surface area contributed by atoms with Crippen LogP contribution in [0.2, 0.25) is 0 Å². The van der Waals surface area contributed by atoms with E-state index in [0.29, 0.717) is 13.0 Å². The van der Waals surface area contributed by atoms with Crippen molar-refractivity contribution in [2.24, 2.45) is 0 Å². The van der Waals surface area contributed by atoms with Crippen LogP contribution >= 0.6 is 11.8 Å². The zero-order chi connectivity index (χ0) is 10.2. The highest BCUT2D eigenvalue weighted by Crippen LogP contribution is 1.98. The van der Waals surface area contributed by atoms with Crippen LogP contribution in [0.1, 0.15) is 26.2 Å². The third kappa shape index (κ3) is 8.59. The van der Waals surface area contributed by atoms with E-state index in [2.05, 4.69) is 11.0 Å². The molecule has 5 heteroatoms. The van der Waals surface area contributed by atoms with Crippen molar-refractivity contribution < 1.29 is 8.42 Å². The molecule has 0 aliphatic heterocycles. The lowest BCUT2D eigenvalue weighted by atomic mass is 10.3. The second kappa shape index (κ2) is 7.64. The van der Waals surface area contributed by atoms with Gasteiger partial charge in [0.05, 0.1) is 5.75 Å². The van der Waals surface area contributed by atoms with Gasteiger partial charge in [0.15, 0.2) is 0 Å². The first-order chi connectivity index (χ1) is 6.12. The molecule has 80 valence electrons. The first-order valence-electron chi connectivity index (χ1n) is 4.58. The summed E-state index contributed by atoms with van der Waals surface area (Å²) in [6.45, 7) is 2.45. The fourth-order valence-electron chi connectivity index (χ4n) is 0.940. The van der Waals surface area contributed by atoms with Gasteiger partial charge in [-0.1, -0.05) is 6.92 Å². The smallest absolute Gasteiger partial charge is 0.211 e. The standard InChI is InChI=1S/C8H19NO2S2/c1-3-8-13(10,11)9-6-4-5-7-12-2/h9H,3-8H2,1-2H3. The van der Waals surface area contributed by atoms with Crippen LogP contribution in [-0.4, -0.2) is 32.7 Å². The molecule has 0 spiro atoms. The van der Waals surface area contributed by atoms with Gasteiger partial charge in [-0.15, -0.1) is 0 Å². The normalized spacial score (nSPS) is 11.8. The van der Waals surface area contributed by atoms with E-state index >= 15 is 0 Å². The molecule has 3 nitrogen and oxygen atoms in total. The van der Waals surface area contributed by atoms with E-state index in [9.17, 15) is 8.42 Å². The Kier molecular flexibility index (Phi) is 7.80. The van der Waals surface area contributed by atoms with Crippen LogP contribution in [0, 0.1) is 0 Å². The van der Waals surface area contributed by atoms with E-state index in [4.69, 9.17) is 0 Å². The Morgan fingerprint density at radius 2 is 2.00 bits per heavy atom. The maximum absolute atomic E-state index is 11.1. The molecule has 1 N–H and O–H groups in total. The van der Waals surface area contributed by atoms with Crippen LogP contribution < -0.4 is 4.72 Å². The minimum absolute atomic E-state index is 0.246. The molecule has 13 heavy (non-hydrogen) atoms. The second-order valence-electron chi connectivity index (χ2n) is 2.91. The molecule has 0 bridgehead atoms. The number of hydrogen-bond donors (Lipinski definition) is 1. The lowest BCUT2D eigenvalue weighted by Gasteiger charge is -2.04. The molecule has 0 aromatic rings. The third-order valence-electron chi connectivity index (χ3n) is 1.57. The van der Waals surface area contributed by atoms with Gasteiger partial charge in [-0.2, -0.15) is 11.8 Å². The lowest BCUT2D eigenvalue weighted by molar-refractivity contribution is 0.577. The highest BCUT2D eigenvalue weighted by molar-refractivity contribution is 7.98. The van der Waals surface area contributed by atoms with Crippen LogP contribution in [0.3, 0.4) is 0 Å². The Labute approximate surface area is 85.7 Å². The van der Waals surface area contributed by atoms with Crippen molar-refractivity contribution in [3.63, 3.8) is 0 Å². The molecule has 0 saturated carbocycles. The third-order valence-corrected chi connectivity index (χ3v) is 3.86. The van der Waals surface area contributed by atoms with Crippen LogP contribution in [0.4, 0.5) is 0 Å². The molecule has 0 rings (SSSR count). The maximum atomic E-state index is 11.1. The predicted molar refractivity (Wildman–Crippen MR) is 59.7 cm³/mol. The van der Waals surface area contributed by atoms with E-state index in [1.54, 1.807) is 11.8 Å². The Morgan fingerprint density at radius 1 is 1.31 bits per heavy atom. The summed E-state index contributed by atoms with van der Waals surface area (Å²) in [5, 5.41) is 0. The van der Waals surface area contributed by atoms with Gasteiger partial charge < -0.3 is 0 Å². The first kappa shape index (κ1) is 13.3. The van der Waals surface area contributed by atoms with Crippen LogP contribution in [0.25, 0.3) is 0 Å². The van der Waals surface area contributed by atoms with Gasteiger partial charge in [0.25, 0.3) is 0 Å². The van der Waals surface area contributed by atoms with Gasteiger partial charge >= 0.3 is 0 Å². The number of hydrogen-bond acceptors (Lipinski definition) is 3. The summed E-state index contributed by atoms with van der Waals surface area (Å²) in [5.41, 5.74) is 0.